The number of carbonyl (C=O) groups is 1. The van der Waals surface area contributed by atoms with E-state index in [-0.39, 0.29) is 24.1 Å². The van der Waals surface area contributed by atoms with Crippen LogP contribution in [0.3, 0.4) is 0 Å². The van der Waals surface area contributed by atoms with Crippen LogP contribution >= 0.6 is 0 Å². The Morgan fingerprint density at radius 3 is 2.76 bits per heavy atom. The lowest BCUT2D eigenvalue weighted by Gasteiger charge is -2.32. The normalized spacial score (nSPS) is 19.4. The number of alkyl halides is 3. The van der Waals surface area contributed by atoms with Crippen LogP contribution in [-0.4, -0.2) is 36.0 Å². The minimum absolute atomic E-state index is 0.0773. The molecule has 0 aliphatic carbocycles. The molecular formula is C12H16F3N5O. The predicted octanol–water partition coefficient (Wildman–Crippen LogP) is 1.24. The largest absolute Gasteiger partial charge is 0.451 e. The van der Waals surface area contributed by atoms with E-state index < -0.39 is 17.9 Å². The van der Waals surface area contributed by atoms with Crippen molar-refractivity contribution in [2.24, 2.45) is 11.7 Å². The number of nitrogens with two attached hydrogens (primary N) is 1. The first-order valence-corrected chi connectivity index (χ1v) is 6.49. The Morgan fingerprint density at radius 2 is 2.19 bits per heavy atom. The van der Waals surface area contributed by atoms with E-state index in [1.807, 2.05) is 0 Å². The number of nitrogens with one attached hydrogen (secondary N) is 1. The van der Waals surface area contributed by atoms with Crippen LogP contribution in [-0.2, 0) is 11.0 Å². The Morgan fingerprint density at radius 1 is 1.48 bits per heavy atom. The molecule has 0 saturated carbocycles. The number of primary amides is 1. The van der Waals surface area contributed by atoms with Gasteiger partial charge < -0.3 is 16.0 Å². The molecule has 1 unspecified atom stereocenters. The number of rotatable bonds is 3. The molecule has 2 rings (SSSR count). The second-order valence-corrected chi connectivity index (χ2v) is 4.87. The molecule has 1 saturated heterocycles. The van der Waals surface area contributed by atoms with Gasteiger partial charge in [-0.15, -0.1) is 0 Å². The molecule has 2 heterocycles. The first-order chi connectivity index (χ1) is 9.81. The van der Waals surface area contributed by atoms with E-state index in [0.29, 0.717) is 19.4 Å². The van der Waals surface area contributed by atoms with Crippen LogP contribution in [0.5, 0.6) is 0 Å². The van der Waals surface area contributed by atoms with Crippen molar-refractivity contribution in [2.45, 2.75) is 19.0 Å². The molecule has 0 aromatic carbocycles. The van der Waals surface area contributed by atoms with E-state index in [9.17, 15) is 18.0 Å². The molecule has 1 aliphatic rings. The third kappa shape index (κ3) is 3.53. The second-order valence-electron chi connectivity index (χ2n) is 4.87. The van der Waals surface area contributed by atoms with Crippen molar-refractivity contribution in [3.8, 4) is 0 Å². The van der Waals surface area contributed by atoms with Gasteiger partial charge in [-0.25, -0.2) is 9.97 Å². The first kappa shape index (κ1) is 15.3. The van der Waals surface area contributed by atoms with E-state index in [4.69, 9.17) is 5.73 Å². The average molecular weight is 303 g/mol. The maximum Gasteiger partial charge on any atom is 0.451 e. The molecule has 6 nitrogen and oxygen atoms in total. The summed E-state index contributed by atoms with van der Waals surface area (Å²) in [6.07, 6.45) is -3.31. The van der Waals surface area contributed by atoms with Crippen molar-refractivity contribution in [3.63, 3.8) is 0 Å². The zero-order valence-corrected chi connectivity index (χ0v) is 11.4. The summed E-state index contributed by atoms with van der Waals surface area (Å²) in [6, 6.07) is 1.43. The van der Waals surface area contributed by atoms with Gasteiger partial charge in [0, 0.05) is 26.2 Å². The second kappa shape index (κ2) is 5.74. The van der Waals surface area contributed by atoms with Crippen LogP contribution in [0.2, 0.25) is 0 Å². The lowest BCUT2D eigenvalue weighted by molar-refractivity contribution is -0.144. The number of aromatic nitrogens is 2. The highest BCUT2D eigenvalue weighted by Crippen LogP contribution is 2.30. The highest BCUT2D eigenvalue weighted by Gasteiger charge is 2.36. The lowest BCUT2D eigenvalue weighted by Crippen LogP contribution is -2.41. The summed E-state index contributed by atoms with van der Waals surface area (Å²) in [5.41, 5.74) is 5.27. The summed E-state index contributed by atoms with van der Waals surface area (Å²) < 4.78 is 38.4. The summed E-state index contributed by atoms with van der Waals surface area (Å²) in [6.45, 7) is 0.800. The third-order valence-corrected chi connectivity index (χ3v) is 3.37. The molecule has 1 fully saturated rings. The third-order valence-electron chi connectivity index (χ3n) is 3.37. The molecular weight excluding hydrogens is 287 g/mol. The minimum Gasteiger partial charge on any atom is -0.373 e. The topological polar surface area (TPSA) is 84.1 Å². The number of halogens is 3. The predicted molar refractivity (Wildman–Crippen MR) is 70.7 cm³/mol. The van der Waals surface area contributed by atoms with Crippen molar-refractivity contribution < 1.29 is 18.0 Å². The number of hydrogen-bond acceptors (Lipinski definition) is 5. The summed E-state index contributed by atoms with van der Waals surface area (Å²) in [5.74, 6) is -1.80. The Balaban J connectivity index is 2.32. The number of piperidine rings is 1. The Kier molecular flexibility index (Phi) is 4.19. The monoisotopic (exact) mass is 303 g/mol. The molecule has 1 aliphatic heterocycles. The van der Waals surface area contributed by atoms with Gasteiger partial charge in [0.05, 0.1) is 5.92 Å². The van der Waals surface area contributed by atoms with Crippen molar-refractivity contribution >= 4 is 17.5 Å². The smallest absolute Gasteiger partial charge is 0.373 e. The van der Waals surface area contributed by atoms with E-state index in [1.54, 1.807) is 4.90 Å². The van der Waals surface area contributed by atoms with Crippen molar-refractivity contribution in [1.29, 1.82) is 0 Å². The number of amides is 1. The molecule has 21 heavy (non-hydrogen) atoms. The fourth-order valence-corrected chi connectivity index (χ4v) is 2.27. The van der Waals surface area contributed by atoms with Crippen LogP contribution < -0.4 is 16.0 Å². The molecule has 1 amide bonds. The van der Waals surface area contributed by atoms with Crippen molar-refractivity contribution in [3.05, 3.63) is 11.9 Å². The molecule has 9 heteroatoms. The van der Waals surface area contributed by atoms with E-state index >= 15 is 0 Å². The Labute approximate surface area is 119 Å². The maximum absolute atomic E-state index is 12.8. The van der Waals surface area contributed by atoms with Crippen LogP contribution in [0.25, 0.3) is 0 Å². The number of hydrogen-bond donors (Lipinski definition) is 2. The van der Waals surface area contributed by atoms with Crippen LogP contribution in [0.15, 0.2) is 6.07 Å². The fourth-order valence-electron chi connectivity index (χ4n) is 2.27. The summed E-state index contributed by atoms with van der Waals surface area (Å²) >= 11 is 0. The minimum atomic E-state index is -4.62. The molecule has 0 bridgehead atoms. The standard InChI is InChI=1S/C12H16F3N5O/c1-17-8-5-9(19-11(18-8)12(13,14)15)20-4-2-3-7(6-20)10(16)21/h5,7H,2-4,6H2,1H3,(H2,16,21)(H,17,18,19). The van der Waals surface area contributed by atoms with Gasteiger partial charge in [0.25, 0.3) is 0 Å². The Hall–Kier alpha value is -2.06. The van der Waals surface area contributed by atoms with Gasteiger partial charge in [0.2, 0.25) is 11.7 Å². The summed E-state index contributed by atoms with van der Waals surface area (Å²) in [7, 11) is 1.48. The average Bonchev–Trinajstić information content (AvgIpc) is 2.46. The van der Waals surface area contributed by atoms with E-state index in [1.165, 1.54) is 13.1 Å². The van der Waals surface area contributed by atoms with Crippen LogP contribution in [0.4, 0.5) is 24.8 Å². The van der Waals surface area contributed by atoms with Gasteiger partial charge in [-0.1, -0.05) is 0 Å². The van der Waals surface area contributed by atoms with Crippen LogP contribution in [0.1, 0.15) is 18.7 Å². The molecule has 1 aromatic heterocycles. The molecule has 1 atom stereocenters. The molecule has 0 spiro atoms. The SMILES string of the molecule is CNc1cc(N2CCCC(C(N)=O)C2)nc(C(F)(F)F)n1. The van der Waals surface area contributed by atoms with E-state index in [0.717, 1.165) is 0 Å². The van der Waals surface area contributed by atoms with Gasteiger partial charge in [-0.2, -0.15) is 13.2 Å². The Bertz CT molecular complexity index is 534. The van der Waals surface area contributed by atoms with Crippen molar-refractivity contribution in [1.82, 2.24) is 9.97 Å². The molecule has 1 aromatic rings. The van der Waals surface area contributed by atoms with Gasteiger partial charge in [0.15, 0.2) is 0 Å². The number of carbonyl (C=O) groups excluding carboxylic acids is 1. The lowest BCUT2D eigenvalue weighted by atomic mass is 9.97. The van der Waals surface area contributed by atoms with E-state index in [2.05, 4.69) is 15.3 Å². The first-order valence-electron chi connectivity index (χ1n) is 6.49. The van der Waals surface area contributed by atoms with Crippen LogP contribution in [0, 0.1) is 5.92 Å². The molecule has 0 radical (unpaired) electrons. The zero-order chi connectivity index (χ0) is 15.6. The summed E-state index contributed by atoms with van der Waals surface area (Å²) in [4.78, 5) is 19.9. The van der Waals surface area contributed by atoms with Gasteiger partial charge in [0.1, 0.15) is 11.6 Å². The highest BCUT2D eigenvalue weighted by molar-refractivity contribution is 5.77. The number of nitrogens with zero attached hydrogens (tertiary/aromatic N) is 3. The molecule has 3 N–H and O–H groups in total. The highest BCUT2D eigenvalue weighted by atomic mass is 19.4. The quantitative estimate of drug-likeness (QED) is 0.877. The zero-order valence-electron chi connectivity index (χ0n) is 11.4. The fraction of sp³-hybridized carbons (Fsp3) is 0.583. The van der Waals surface area contributed by atoms with Gasteiger partial charge in [-0.05, 0) is 12.8 Å². The summed E-state index contributed by atoms with van der Waals surface area (Å²) in [5, 5.41) is 2.58. The maximum atomic E-state index is 12.8. The van der Waals surface area contributed by atoms with Crippen molar-refractivity contribution in [2.75, 3.05) is 30.4 Å². The number of anilines is 2. The van der Waals surface area contributed by atoms with Gasteiger partial charge >= 0.3 is 6.18 Å². The molecule has 116 valence electrons. The van der Waals surface area contributed by atoms with Gasteiger partial charge in [-0.3, -0.25) is 4.79 Å².